The standard InChI is InChI=1S/C22H29N7O/c1-12-7-8-28(10-12)17-9-16(26-27(17)2)15-11-29(20(13-3-4-13)14-5-6-14)22(30)18-19(15)24-25-21(18)23/h9,11-14,20H,3-8,10H2,1-2H3,(H3,23,24,25). The van der Waals surface area contributed by atoms with Crippen molar-refractivity contribution in [1.82, 2.24) is 24.5 Å². The molecular formula is C22H29N7O. The Hall–Kier alpha value is -2.77. The molecular weight excluding hydrogens is 378 g/mol. The first-order chi connectivity index (χ1) is 14.5. The number of fused-ring (bicyclic) bond motifs is 1. The highest BCUT2D eigenvalue weighted by Crippen LogP contribution is 2.52. The molecule has 1 aliphatic heterocycles. The zero-order valence-corrected chi connectivity index (χ0v) is 17.6. The van der Waals surface area contributed by atoms with Crippen molar-refractivity contribution in [2.24, 2.45) is 24.8 Å². The minimum Gasteiger partial charge on any atom is -0.382 e. The average molecular weight is 408 g/mol. The number of H-pyrrole nitrogens is 1. The second kappa shape index (κ2) is 6.36. The van der Waals surface area contributed by atoms with E-state index in [1.807, 2.05) is 22.5 Å². The number of aromatic nitrogens is 5. The molecule has 6 rings (SSSR count). The second-order valence-electron chi connectivity index (χ2n) is 9.63. The first-order valence-electron chi connectivity index (χ1n) is 11.2. The molecule has 0 amide bonds. The third-order valence-electron chi connectivity index (χ3n) is 7.19. The van der Waals surface area contributed by atoms with Gasteiger partial charge in [-0.1, -0.05) is 6.92 Å². The van der Waals surface area contributed by atoms with Crippen LogP contribution in [0.2, 0.25) is 0 Å². The number of hydrogen-bond acceptors (Lipinski definition) is 5. The highest BCUT2D eigenvalue weighted by atomic mass is 16.1. The molecule has 3 fully saturated rings. The number of aromatic amines is 1. The third kappa shape index (κ3) is 2.76. The van der Waals surface area contributed by atoms with Crippen LogP contribution in [0.3, 0.4) is 0 Å². The lowest BCUT2D eigenvalue weighted by Crippen LogP contribution is -2.27. The van der Waals surface area contributed by atoms with E-state index in [9.17, 15) is 4.79 Å². The summed E-state index contributed by atoms with van der Waals surface area (Å²) in [5, 5.41) is 12.5. The van der Waals surface area contributed by atoms with Crippen LogP contribution in [0, 0.1) is 17.8 Å². The Balaban J connectivity index is 1.51. The van der Waals surface area contributed by atoms with Crippen LogP contribution in [0.4, 0.5) is 11.6 Å². The van der Waals surface area contributed by atoms with Crippen LogP contribution in [-0.4, -0.2) is 37.6 Å². The lowest BCUT2D eigenvalue weighted by atomic mass is 10.0. The fourth-order valence-electron chi connectivity index (χ4n) is 5.32. The molecule has 2 aliphatic carbocycles. The minimum atomic E-state index is -0.0201. The predicted octanol–water partition coefficient (Wildman–Crippen LogP) is 2.91. The van der Waals surface area contributed by atoms with E-state index < -0.39 is 0 Å². The summed E-state index contributed by atoms with van der Waals surface area (Å²) >= 11 is 0. The lowest BCUT2D eigenvalue weighted by molar-refractivity contribution is 0.386. The molecule has 1 saturated heterocycles. The number of nitrogen functional groups attached to an aromatic ring is 1. The van der Waals surface area contributed by atoms with Gasteiger partial charge in [0, 0.05) is 44.0 Å². The van der Waals surface area contributed by atoms with E-state index in [0.29, 0.717) is 28.7 Å². The van der Waals surface area contributed by atoms with Gasteiger partial charge < -0.3 is 15.2 Å². The number of anilines is 2. The molecule has 3 aromatic rings. The Morgan fingerprint density at radius 2 is 1.93 bits per heavy atom. The van der Waals surface area contributed by atoms with E-state index in [2.05, 4.69) is 28.1 Å². The Kier molecular flexibility index (Phi) is 3.82. The molecule has 0 bridgehead atoms. The van der Waals surface area contributed by atoms with Crippen LogP contribution < -0.4 is 16.2 Å². The first kappa shape index (κ1) is 18.0. The van der Waals surface area contributed by atoms with Gasteiger partial charge in [0.05, 0.1) is 11.2 Å². The molecule has 0 spiro atoms. The van der Waals surface area contributed by atoms with Crippen molar-refractivity contribution in [1.29, 1.82) is 0 Å². The van der Waals surface area contributed by atoms with Crippen LogP contribution >= 0.6 is 0 Å². The van der Waals surface area contributed by atoms with Gasteiger partial charge in [-0.2, -0.15) is 10.2 Å². The maximum atomic E-state index is 13.4. The van der Waals surface area contributed by atoms with E-state index >= 15 is 0 Å². The molecule has 30 heavy (non-hydrogen) atoms. The van der Waals surface area contributed by atoms with Gasteiger partial charge >= 0.3 is 0 Å². The van der Waals surface area contributed by atoms with Crippen molar-refractivity contribution in [3.8, 4) is 11.3 Å². The highest BCUT2D eigenvalue weighted by Gasteiger charge is 2.43. The second-order valence-corrected chi connectivity index (χ2v) is 9.63. The number of nitrogens with two attached hydrogens (primary N) is 1. The summed E-state index contributed by atoms with van der Waals surface area (Å²) in [5.41, 5.74) is 8.58. The van der Waals surface area contributed by atoms with Crippen LogP contribution in [0.1, 0.15) is 45.1 Å². The zero-order chi connectivity index (χ0) is 20.6. The summed E-state index contributed by atoms with van der Waals surface area (Å²) in [7, 11) is 1.99. The normalized spacial score (nSPS) is 22.0. The SMILES string of the molecule is CC1CCN(c2cc(-c3cn(C(C4CC4)C4CC4)c(=O)c4c(N)n[nH]c34)nn2C)C1. The number of nitrogens with zero attached hydrogens (tertiary/aromatic N) is 5. The van der Waals surface area contributed by atoms with Gasteiger partial charge in [-0.3, -0.25) is 14.6 Å². The molecule has 3 aliphatic rings. The summed E-state index contributed by atoms with van der Waals surface area (Å²) in [4.78, 5) is 15.8. The van der Waals surface area contributed by atoms with E-state index in [-0.39, 0.29) is 17.4 Å². The molecule has 2 saturated carbocycles. The average Bonchev–Trinajstić information content (AvgIpc) is 3.62. The third-order valence-corrected chi connectivity index (χ3v) is 7.19. The Bertz CT molecular complexity index is 1170. The van der Waals surface area contributed by atoms with Crippen molar-refractivity contribution < 1.29 is 0 Å². The summed E-state index contributed by atoms with van der Waals surface area (Å²) < 4.78 is 3.92. The zero-order valence-electron chi connectivity index (χ0n) is 17.6. The van der Waals surface area contributed by atoms with Crippen molar-refractivity contribution in [3.63, 3.8) is 0 Å². The topological polar surface area (TPSA) is 97.8 Å². The number of pyridine rings is 1. The molecule has 8 heteroatoms. The Morgan fingerprint density at radius 3 is 2.57 bits per heavy atom. The summed E-state index contributed by atoms with van der Waals surface area (Å²) in [6.07, 6.45) is 8.07. The van der Waals surface area contributed by atoms with Crippen LogP contribution in [0.5, 0.6) is 0 Å². The molecule has 3 aromatic heterocycles. The monoisotopic (exact) mass is 407 g/mol. The molecule has 0 aromatic carbocycles. The number of aryl methyl sites for hydroxylation is 1. The van der Waals surface area contributed by atoms with Crippen LogP contribution in [0.15, 0.2) is 17.1 Å². The van der Waals surface area contributed by atoms with E-state index in [0.717, 1.165) is 30.2 Å². The largest absolute Gasteiger partial charge is 0.382 e. The van der Waals surface area contributed by atoms with Gasteiger partial charge in [0.2, 0.25) is 0 Å². The number of rotatable bonds is 5. The quantitative estimate of drug-likeness (QED) is 0.678. The van der Waals surface area contributed by atoms with E-state index in [4.69, 9.17) is 10.8 Å². The fourth-order valence-corrected chi connectivity index (χ4v) is 5.32. The van der Waals surface area contributed by atoms with Gasteiger partial charge in [-0.15, -0.1) is 0 Å². The van der Waals surface area contributed by atoms with Crippen molar-refractivity contribution in [3.05, 3.63) is 22.6 Å². The molecule has 158 valence electrons. The molecule has 4 heterocycles. The molecule has 1 unspecified atom stereocenters. The molecule has 1 atom stereocenters. The van der Waals surface area contributed by atoms with E-state index in [1.165, 1.54) is 32.1 Å². The van der Waals surface area contributed by atoms with Crippen LogP contribution in [0.25, 0.3) is 22.2 Å². The van der Waals surface area contributed by atoms with E-state index in [1.54, 1.807) is 0 Å². The Labute approximate surface area is 175 Å². The summed E-state index contributed by atoms with van der Waals surface area (Å²) in [6, 6.07) is 2.42. The smallest absolute Gasteiger partial charge is 0.264 e. The lowest BCUT2D eigenvalue weighted by Gasteiger charge is -2.20. The van der Waals surface area contributed by atoms with Gasteiger partial charge in [-0.25, -0.2) is 0 Å². The van der Waals surface area contributed by atoms with Gasteiger partial charge in [-0.05, 0) is 49.9 Å². The van der Waals surface area contributed by atoms with Crippen molar-refractivity contribution >= 4 is 22.5 Å². The van der Waals surface area contributed by atoms with Crippen LogP contribution in [-0.2, 0) is 7.05 Å². The molecule has 0 radical (unpaired) electrons. The Morgan fingerprint density at radius 1 is 1.20 bits per heavy atom. The van der Waals surface area contributed by atoms with Crippen molar-refractivity contribution in [2.45, 2.75) is 45.1 Å². The minimum absolute atomic E-state index is 0.0201. The predicted molar refractivity (Wildman–Crippen MR) is 117 cm³/mol. The summed E-state index contributed by atoms with van der Waals surface area (Å²) in [5.74, 6) is 3.31. The fraction of sp³-hybridized carbons (Fsp3) is 0.591. The maximum Gasteiger partial charge on any atom is 0.264 e. The molecule has 3 N–H and O–H groups in total. The molecule has 8 nitrogen and oxygen atoms in total. The highest BCUT2D eigenvalue weighted by molar-refractivity contribution is 5.97. The summed E-state index contributed by atoms with van der Waals surface area (Å²) in [6.45, 7) is 4.40. The number of hydrogen-bond donors (Lipinski definition) is 2. The van der Waals surface area contributed by atoms with Gasteiger partial charge in [0.25, 0.3) is 5.56 Å². The van der Waals surface area contributed by atoms with Crippen molar-refractivity contribution in [2.75, 3.05) is 23.7 Å². The first-order valence-corrected chi connectivity index (χ1v) is 11.2. The van der Waals surface area contributed by atoms with Gasteiger partial charge in [0.1, 0.15) is 11.2 Å². The number of nitrogens with one attached hydrogen (secondary N) is 1. The van der Waals surface area contributed by atoms with Gasteiger partial charge in [0.15, 0.2) is 5.82 Å². The maximum absolute atomic E-state index is 13.4.